The van der Waals surface area contributed by atoms with Crippen LogP contribution in [0.4, 0.5) is 5.69 Å². The molecule has 1 aromatic carbocycles. The highest BCUT2D eigenvalue weighted by Crippen LogP contribution is 2.44. The summed E-state index contributed by atoms with van der Waals surface area (Å²) in [4.78, 5) is 26.6. The van der Waals surface area contributed by atoms with Crippen molar-refractivity contribution >= 4 is 17.6 Å². The quantitative estimate of drug-likeness (QED) is 0.326. The lowest BCUT2D eigenvalue weighted by molar-refractivity contribution is -0.117. The summed E-state index contributed by atoms with van der Waals surface area (Å²) in [6, 6.07) is 5.03. The number of ether oxygens (including phenoxy) is 3. The molecule has 0 saturated carbocycles. The molecule has 0 fully saturated rings. The summed E-state index contributed by atoms with van der Waals surface area (Å²) in [5.74, 6) is 1.95. The Morgan fingerprint density at radius 3 is 2.67 bits per heavy atom. The highest BCUT2D eigenvalue weighted by Gasteiger charge is 2.41. The van der Waals surface area contributed by atoms with Gasteiger partial charge in [-0.1, -0.05) is 25.0 Å². The number of esters is 1. The maximum absolute atomic E-state index is 12.6. The van der Waals surface area contributed by atoms with Crippen LogP contribution >= 0.6 is 0 Å². The van der Waals surface area contributed by atoms with Gasteiger partial charge >= 0.3 is 5.97 Å². The lowest BCUT2D eigenvalue weighted by atomic mass is 9.80. The average molecular weight is 455 g/mol. The Morgan fingerprint density at radius 2 is 2.00 bits per heavy atom. The molecule has 3 rings (SSSR count). The normalized spacial score (nSPS) is 19.6. The van der Waals surface area contributed by atoms with E-state index in [4.69, 9.17) is 20.6 Å². The van der Waals surface area contributed by atoms with Crippen LogP contribution < -0.4 is 4.90 Å². The van der Waals surface area contributed by atoms with Gasteiger partial charge in [0.25, 0.3) is 0 Å². The van der Waals surface area contributed by atoms with Crippen molar-refractivity contribution in [1.82, 2.24) is 15.0 Å². The number of anilines is 1. The number of amides is 1. The first-order valence-corrected chi connectivity index (χ1v) is 10.9. The summed E-state index contributed by atoms with van der Waals surface area (Å²) in [6.07, 6.45) is 7.76. The Kier molecular flexibility index (Phi) is 8.20. The summed E-state index contributed by atoms with van der Waals surface area (Å²) < 4.78 is 17.5. The molecule has 0 unspecified atom stereocenters. The fraction of sp³-hybridized carbons (Fsp3) is 0.500. The molecule has 1 aliphatic heterocycles. The smallest absolute Gasteiger partial charge is 0.337 e. The van der Waals surface area contributed by atoms with Gasteiger partial charge in [-0.25, -0.2) is 9.48 Å². The zero-order valence-electron chi connectivity index (χ0n) is 19.5. The maximum atomic E-state index is 12.6. The fourth-order valence-corrected chi connectivity index (χ4v) is 4.45. The monoisotopic (exact) mass is 454 g/mol. The zero-order valence-corrected chi connectivity index (χ0v) is 19.5. The van der Waals surface area contributed by atoms with Crippen LogP contribution in [0.25, 0.3) is 0 Å². The minimum atomic E-state index is -0.434. The van der Waals surface area contributed by atoms with Crippen molar-refractivity contribution in [3.8, 4) is 12.3 Å². The van der Waals surface area contributed by atoms with Crippen molar-refractivity contribution in [2.24, 2.45) is 5.92 Å². The summed E-state index contributed by atoms with van der Waals surface area (Å²) in [5, 5.41) is 8.61. The van der Waals surface area contributed by atoms with E-state index in [9.17, 15) is 9.59 Å². The first-order valence-electron chi connectivity index (χ1n) is 10.9. The third-order valence-electron chi connectivity index (χ3n) is 5.87. The molecule has 33 heavy (non-hydrogen) atoms. The van der Waals surface area contributed by atoms with E-state index in [1.165, 1.54) is 7.11 Å². The van der Waals surface area contributed by atoms with E-state index in [1.807, 2.05) is 17.2 Å². The SMILES string of the molecule is C#CCOCCOCc1cn([C@@H]2c3cc(C(=O)OC)ccc3N(C(C)=O)[C@@H](CC)[C@H]2C)nn1. The van der Waals surface area contributed by atoms with Crippen LogP contribution in [-0.4, -0.2) is 59.8 Å². The van der Waals surface area contributed by atoms with E-state index in [2.05, 4.69) is 30.1 Å². The number of hydrogen-bond acceptors (Lipinski definition) is 7. The molecule has 0 aliphatic carbocycles. The molecule has 0 N–H and O–H groups in total. The summed E-state index contributed by atoms with van der Waals surface area (Å²) in [5.41, 5.74) is 2.68. The number of fused-ring (bicyclic) bond motifs is 1. The van der Waals surface area contributed by atoms with Gasteiger partial charge in [-0.3, -0.25) is 4.79 Å². The van der Waals surface area contributed by atoms with Gasteiger partial charge in [-0.05, 0) is 24.6 Å². The predicted molar refractivity (Wildman–Crippen MR) is 122 cm³/mol. The molecule has 2 heterocycles. The van der Waals surface area contributed by atoms with Crippen molar-refractivity contribution in [1.29, 1.82) is 0 Å². The average Bonchev–Trinajstić information content (AvgIpc) is 3.27. The predicted octanol–water partition coefficient (Wildman–Crippen LogP) is 2.60. The molecule has 0 spiro atoms. The first-order chi connectivity index (χ1) is 15.9. The second-order valence-corrected chi connectivity index (χ2v) is 7.93. The lowest BCUT2D eigenvalue weighted by Gasteiger charge is -2.44. The third kappa shape index (κ3) is 5.24. The number of rotatable bonds is 9. The molecule has 3 atom stereocenters. The van der Waals surface area contributed by atoms with Gasteiger partial charge in [0, 0.05) is 30.1 Å². The molecule has 2 aromatic rings. The van der Waals surface area contributed by atoms with Gasteiger partial charge < -0.3 is 19.1 Å². The van der Waals surface area contributed by atoms with Crippen LogP contribution in [-0.2, 0) is 25.6 Å². The molecule has 9 nitrogen and oxygen atoms in total. The standard InChI is InChI=1S/C24H30N4O5/c1-6-10-32-11-12-33-15-19-14-27(26-25-19)23-16(3)21(7-2)28(17(4)29)22-9-8-18(13-20(22)23)24(30)31-5/h1,8-9,13-14,16,21,23H,7,10-12,15H2,2-5H3/t16-,21+,23+/m1/s1. The Morgan fingerprint density at radius 1 is 1.24 bits per heavy atom. The van der Waals surface area contributed by atoms with Gasteiger partial charge in [0.2, 0.25) is 5.91 Å². The fourth-order valence-electron chi connectivity index (χ4n) is 4.45. The zero-order chi connectivity index (χ0) is 24.0. The summed E-state index contributed by atoms with van der Waals surface area (Å²) in [7, 11) is 1.35. The molecule has 0 bridgehead atoms. The van der Waals surface area contributed by atoms with Crippen LogP contribution in [0.15, 0.2) is 24.4 Å². The molecule has 9 heteroatoms. The molecule has 1 amide bonds. The molecular weight excluding hydrogens is 424 g/mol. The number of carbonyl (C=O) groups excluding carboxylic acids is 2. The Bertz CT molecular complexity index is 1030. The van der Waals surface area contributed by atoms with Gasteiger partial charge in [-0.15, -0.1) is 11.5 Å². The second-order valence-electron chi connectivity index (χ2n) is 7.93. The molecule has 1 aliphatic rings. The highest BCUT2D eigenvalue weighted by molar-refractivity contribution is 5.96. The number of hydrogen-bond donors (Lipinski definition) is 0. The van der Waals surface area contributed by atoms with Gasteiger partial charge in [-0.2, -0.15) is 0 Å². The number of nitrogens with zero attached hydrogens (tertiary/aromatic N) is 4. The van der Waals surface area contributed by atoms with E-state index in [-0.39, 0.29) is 37.1 Å². The second kappa shape index (κ2) is 11.1. The minimum Gasteiger partial charge on any atom is -0.465 e. The Hall–Kier alpha value is -3.22. The maximum Gasteiger partial charge on any atom is 0.337 e. The van der Waals surface area contributed by atoms with E-state index >= 15 is 0 Å². The van der Waals surface area contributed by atoms with Gasteiger partial charge in [0.1, 0.15) is 12.3 Å². The van der Waals surface area contributed by atoms with Crippen molar-refractivity contribution in [2.45, 2.75) is 45.9 Å². The number of methoxy groups -OCH3 is 1. The largest absolute Gasteiger partial charge is 0.465 e. The summed E-state index contributed by atoms with van der Waals surface area (Å²) >= 11 is 0. The lowest BCUT2D eigenvalue weighted by Crippen LogP contribution is -2.49. The number of carbonyl (C=O) groups is 2. The highest BCUT2D eigenvalue weighted by atomic mass is 16.5. The van der Waals surface area contributed by atoms with Crippen LogP contribution in [0.1, 0.15) is 54.8 Å². The molecule has 0 saturated heterocycles. The number of terminal acetylenes is 1. The van der Waals surface area contributed by atoms with Gasteiger partial charge in [0.05, 0.1) is 44.7 Å². The molecule has 1 aromatic heterocycles. The van der Waals surface area contributed by atoms with Crippen molar-refractivity contribution in [3.05, 3.63) is 41.2 Å². The molecule has 176 valence electrons. The Balaban J connectivity index is 1.92. The topological polar surface area (TPSA) is 95.8 Å². The Labute approximate surface area is 194 Å². The number of aromatic nitrogens is 3. The third-order valence-corrected chi connectivity index (χ3v) is 5.87. The number of benzene rings is 1. The van der Waals surface area contributed by atoms with Gasteiger partial charge in [0.15, 0.2) is 0 Å². The molecule has 0 radical (unpaired) electrons. The van der Waals surface area contributed by atoms with Crippen LogP contribution in [0, 0.1) is 18.3 Å². The van der Waals surface area contributed by atoms with Crippen molar-refractivity contribution in [3.63, 3.8) is 0 Å². The van der Waals surface area contributed by atoms with Crippen LogP contribution in [0.5, 0.6) is 0 Å². The van der Waals surface area contributed by atoms with E-state index < -0.39 is 5.97 Å². The summed E-state index contributed by atoms with van der Waals surface area (Å²) in [6.45, 7) is 7.04. The van der Waals surface area contributed by atoms with Crippen LogP contribution in [0.3, 0.4) is 0 Å². The molecular formula is C24H30N4O5. The van der Waals surface area contributed by atoms with Crippen molar-refractivity contribution in [2.75, 3.05) is 31.8 Å². The van der Waals surface area contributed by atoms with E-state index in [0.29, 0.717) is 24.5 Å². The first kappa shape index (κ1) is 24.4. The van der Waals surface area contributed by atoms with E-state index in [1.54, 1.807) is 23.7 Å². The van der Waals surface area contributed by atoms with Crippen LogP contribution in [0.2, 0.25) is 0 Å². The minimum absolute atomic E-state index is 0.0203. The van der Waals surface area contributed by atoms with Crippen molar-refractivity contribution < 1.29 is 23.8 Å². The van der Waals surface area contributed by atoms with E-state index in [0.717, 1.165) is 17.7 Å².